The minimum Gasteiger partial charge on any atom is -0.481 e. The molecule has 0 radical (unpaired) electrons. The Labute approximate surface area is 111 Å². The van der Waals surface area contributed by atoms with Crippen LogP contribution >= 0.6 is 0 Å². The fourth-order valence-corrected chi connectivity index (χ4v) is 2.47. The van der Waals surface area contributed by atoms with Gasteiger partial charge in [0.2, 0.25) is 0 Å². The van der Waals surface area contributed by atoms with Gasteiger partial charge in [-0.05, 0) is 43.5 Å². The van der Waals surface area contributed by atoms with Gasteiger partial charge < -0.3 is 15.4 Å². The van der Waals surface area contributed by atoms with E-state index in [0.29, 0.717) is 5.92 Å². The molecule has 1 aliphatic carbocycles. The Morgan fingerprint density at radius 3 is 3.16 bits per heavy atom. The van der Waals surface area contributed by atoms with Crippen molar-refractivity contribution >= 4 is 17.0 Å². The van der Waals surface area contributed by atoms with Crippen molar-refractivity contribution in [1.82, 2.24) is 15.3 Å². The second kappa shape index (κ2) is 4.66. The Bertz CT molecular complexity index is 620. The second-order valence-electron chi connectivity index (χ2n) is 5.25. The summed E-state index contributed by atoms with van der Waals surface area (Å²) in [5.74, 6) is 0.421. The van der Waals surface area contributed by atoms with Gasteiger partial charge >= 0.3 is 5.97 Å². The number of carboxylic acid groups (broad SMARTS) is 1. The van der Waals surface area contributed by atoms with Crippen molar-refractivity contribution in [2.45, 2.75) is 19.9 Å². The summed E-state index contributed by atoms with van der Waals surface area (Å²) in [7, 11) is 0. The summed E-state index contributed by atoms with van der Waals surface area (Å²) in [5.41, 5.74) is 3.21. The second-order valence-corrected chi connectivity index (χ2v) is 5.25. The molecule has 2 atom stereocenters. The average Bonchev–Trinajstić information content (AvgIpc) is 3.03. The molecule has 0 aliphatic heterocycles. The summed E-state index contributed by atoms with van der Waals surface area (Å²) in [5, 5.41) is 12.1. The molecule has 0 saturated heterocycles. The smallest absolute Gasteiger partial charge is 0.306 e. The monoisotopic (exact) mass is 259 g/mol. The first kappa shape index (κ1) is 12.2. The Morgan fingerprint density at radius 2 is 2.42 bits per heavy atom. The molecule has 100 valence electrons. The van der Waals surface area contributed by atoms with Crippen LogP contribution < -0.4 is 5.32 Å². The molecule has 5 nitrogen and oxygen atoms in total. The van der Waals surface area contributed by atoms with Crippen LogP contribution in [-0.2, 0) is 11.3 Å². The molecule has 2 unspecified atom stereocenters. The number of benzene rings is 1. The van der Waals surface area contributed by atoms with Gasteiger partial charge in [-0.15, -0.1) is 0 Å². The highest BCUT2D eigenvalue weighted by atomic mass is 16.4. The number of carboxylic acids is 1. The highest BCUT2D eigenvalue weighted by Gasteiger charge is 2.42. The van der Waals surface area contributed by atoms with Crippen LogP contribution in [0.2, 0.25) is 0 Å². The van der Waals surface area contributed by atoms with E-state index in [1.54, 1.807) is 0 Å². The Balaban J connectivity index is 1.55. The average molecular weight is 259 g/mol. The zero-order valence-corrected chi connectivity index (χ0v) is 10.8. The number of H-pyrrole nitrogens is 1. The lowest BCUT2D eigenvalue weighted by Gasteiger charge is -2.04. The van der Waals surface area contributed by atoms with E-state index in [-0.39, 0.29) is 5.92 Å². The lowest BCUT2D eigenvalue weighted by molar-refractivity contribution is -0.138. The third-order valence-electron chi connectivity index (χ3n) is 3.64. The number of carbonyl (C=O) groups is 1. The number of nitrogens with one attached hydrogen (secondary N) is 2. The molecule has 3 N–H and O–H groups in total. The topological polar surface area (TPSA) is 78.0 Å². The SMILES string of the molecule is Cc1nc2ccc(CNCC3CC3C(=O)O)cc2[nH]1. The summed E-state index contributed by atoms with van der Waals surface area (Å²) in [6, 6.07) is 6.15. The standard InChI is InChI=1S/C14H17N3O2/c1-8-16-12-3-2-9(4-13(12)17-8)6-15-7-10-5-11(10)14(18)19/h2-4,10-11,15H,5-7H2,1H3,(H,16,17)(H,18,19). The van der Waals surface area contributed by atoms with E-state index in [1.807, 2.05) is 13.0 Å². The van der Waals surface area contributed by atoms with Gasteiger partial charge in [-0.3, -0.25) is 4.79 Å². The Morgan fingerprint density at radius 1 is 1.58 bits per heavy atom. The number of fused-ring (bicyclic) bond motifs is 1. The molecule has 0 bridgehead atoms. The highest BCUT2D eigenvalue weighted by Crippen LogP contribution is 2.37. The van der Waals surface area contributed by atoms with E-state index in [4.69, 9.17) is 5.11 Å². The molecule has 1 aromatic carbocycles. The van der Waals surface area contributed by atoms with Crippen LogP contribution in [0.1, 0.15) is 17.8 Å². The van der Waals surface area contributed by atoms with Crippen molar-refractivity contribution in [3.63, 3.8) is 0 Å². The van der Waals surface area contributed by atoms with Crippen LogP contribution in [0.5, 0.6) is 0 Å². The third kappa shape index (κ3) is 2.61. The molecule has 0 amide bonds. The maximum atomic E-state index is 10.7. The third-order valence-corrected chi connectivity index (χ3v) is 3.64. The number of hydrogen-bond donors (Lipinski definition) is 3. The summed E-state index contributed by atoms with van der Waals surface area (Å²) >= 11 is 0. The maximum absolute atomic E-state index is 10.7. The first-order chi connectivity index (χ1) is 9.13. The lowest BCUT2D eigenvalue weighted by atomic mass is 10.2. The molecule has 1 aliphatic rings. The van der Waals surface area contributed by atoms with E-state index >= 15 is 0 Å². The fraction of sp³-hybridized carbons (Fsp3) is 0.429. The molecule has 0 spiro atoms. The largest absolute Gasteiger partial charge is 0.481 e. The summed E-state index contributed by atoms with van der Waals surface area (Å²) in [4.78, 5) is 18.3. The van der Waals surface area contributed by atoms with E-state index in [1.165, 1.54) is 5.56 Å². The van der Waals surface area contributed by atoms with Crippen molar-refractivity contribution in [3.05, 3.63) is 29.6 Å². The van der Waals surface area contributed by atoms with Crippen LogP contribution in [0.3, 0.4) is 0 Å². The van der Waals surface area contributed by atoms with Crippen molar-refractivity contribution in [1.29, 1.82) is 0 Å². The van der Waals surface area contributed by atoms with Crippen LogP contribution in [0, 0.1) is 18.8 Å². The van der Waals surface area contributed by atoms with Crippen molar-refractivity contribution < 1.29 is 9.90 Å². The first-order valence-electron chi connectivity index (χ1n) is 6.52. The molecule has 1 fully saturated rings. The minimum absolute atomic E-state index is 0.134. The van der Waals surface area contributed by atoms with Gasteiger partial charge in [0, 0.05) is 6.54 Å². The number of aliphatic carboxylic acids is 1. The normalized spacial score (nSPS) is 21.7. The zero-order valence-electron chi connectivity index (χ0n) is 10.8. The molecule has 2 aromatic rings. The van der Waals surface area contributed by atoms with Gasteiger partial charge in [-0.2, -0.15) is 0 Å². The molecule has 3 rings (SSSR count). The minimum atomic E-state index is -0.666. The number of imidazole rings is 1. The highest BCUT2D eigenvalue weighted by molar-refractivity contribution is 5.75. The number of aromatic amines is 1. The van der Waals surface area contributed by atoms with Gasteiger partial charge in [0.15, 0.2) is 0 Å². The Kier molecular flexibility index (Phi) is 2.98. The van der Waals surface area contributed by atoms with Crippen LogP contribution in [0.15, 0.2) is 18.2 Å². The van der Waals surface area contributed by atoms with Gasteiger partial charge in [-0.1, -0.05) is 6.07 Å². The maximum Gasteiger partial charge on any atom is 0.306 e. The summed E-state index contributed by atoms with van der Waals surface area (Å²) in [6.45, 7) is 3.48. The van der Waals surface area contributed by atoms with Crippen molar-refractivity contribution in [2.75, 3.05) is 6.54 Å². The predicted molar refractivity (Wildman–Crippen MR) is 71.8 cm³/mol. The van der Waals surface area contributed by atoms with Crippen LogP contribution in [-0.4, -0.2) is 27.6 Å². The number of aryl methyl sites for hydroxylation is 1. The molecular formula is C14H17N3O2. The number of hydrogen-bond acceptors (Lipinski definition) is 3. The summed E-state index contributed by atoms with van der Waals surface area (Å²) in [6.07, 6.45) is 0.807. The molecule has 1 heterocycles. The number of aromatic nitrogens is 2. The number of rotatable bonds is 5. The molecule has 5 heteroatoms. The van der Waals surface area contributed by atoms with Crippen LogP contribution in [0.25, 0.3) is 11.0 Å². The number of nitrogens with zero attached hydrogens (tertiary/aromatic N) is 1. The molecular weight excluding hydrogens is 242 g/mol. The predicted octanol–water partition coefficient (Wildman–Crippen LogP) is 1.68. The first-order valence-corrected chi connectivity index (χ1v) is 6.52. The van der Waals surface area contributed by atoms with Gasteiger partial charge in [-0.25, -0.2) is 4.98 Å². The van der Waals surface area contributed by atoms with E-state index in [9.17, 15) is 4.79 Å². The van der Waals surface area contributed by atoms with E-state index in [2.05, 4.69) is 27.4 Å². The van der Waals surface area contributed by atoms with Crippen LogP contribution in [0.4, 0.5) is 0 Å². The summed E-state index contributed by atoms with van der Waals surface area (Å²) < 4.78 is 0. The van der Waals surface area contributed by atoms with Gasteiger partial charge in [0.05, 0.1) is 17.0 Å². The van der Waals surface area contributed by atoms with Crippen molar-refractivity contribution in [2.24, 2.45) is 11.8 Å². The van der Waals surface area contributed by atoms with E-state index < -0.39 is 5.97 Å². The zero-order chi connectivity index (χ0) is 13.4. The van der Waals surface area contributed by atoms with Gasteiger partial charge in [0.1, 0.15) is 5.82 Å². The molecule has 19 heavy (non-hydrogen) atoms. The molecule has 1 saturated carbocycles. The molecule has 1 aromatic heterocycles. The Hall–Kier alpha value is -1.88. The van der Waals surface area contributed by atoms with Crippen molar-refractivity contribution in [3.8, 4) is 0 Å². The lowest BCUT2D eigenvalue weighted by Crippen LogP contribution is -2.18. The fourth-order valence-electron chi connectivity index (χ4n) is 2.47. The van der Waals surface area contributed by atoms with E-state index in [0.717, 1.165) is 36.4 Å². The quantitative estimate of drug-likeness (QED) is 0.763. The van der Waals surface area contributed by atoms with Gasteiger partial charge in [0.25, 0.3) is 0 Å².